The Labute approximate surface area is 69.2 Å². The number of aliphatic hydroxyl groups excluding tert-OH is 1. The molecular weight excluding hydrogens is 140 g/mol. The Morgan fingerprint density at radius 1 is 1.27 bits per heavy atom. The van der Waals surface area contributed by atoms with Gasteiger partial charge in [0.2, 0.25) is 0 Å². The van der Waals surface area contributed by atoms with Gasteiger partial charge >= 0.3 is 0 Å². The van der Waals surface area contributed by atoms with Gasteiger partial charge in [-0.1, -0.05) is 27.2 Å². The van der Waals surface area contributed by atoms with E-state index in [9.17, 15) is 10.2 Å². The standard InChI is InChI=1S/C9H20O2/c1-5-6-9(11,7(2)3)8(4)10/h7-8,10-11H,5-6H2,1-4H3. The molecule has 0 aromatic rings. The minimum absolute atomic E-state index is 0.113. The first-order valence-electron chi connectivity index (χ1n) is 4.35. The summed E-state index contributed by atoms with van der Waals surface area (Å²) in [6, 6.07) is 0. The summed E-state index contributed by atoms with van der Waals surface area (Å²) in [5, 5.41) is 19.2. The van der Waals surface area contributed by atoms with Gasteiger partial charge in [0.1, 0.15) is 0 Å². The van der Waals surface area contributed by atoms with Crippen LogP contribution in [0.4, 0.5) is 0 Å². The van der Waals surface area contributed by atoms with Crippen molar-refractivity contribution in [3.63, 3.8) is 0 Å². The Balaban J connectivity index is 4.26. The van der Waals surface area contributed by atoms with Crippen LogP contribution in [0.3, 0.4) is 0 Å². The van der Waals surface area contributed by atoms with Crippen LogP contribution in [-0.4, -0.2) is 21.9 Å². The van der Waals surface area contributed by atoms with Crippen molar-refractivity contribution in [3.05, 3.63) is 0 Å². The lowest BCUT2D eigenvalue weighted by Crippen LogP contribution is -2.45. The fourth-order valence-corrected chi connectivity index (χ4v) is 1.38. The molecule has 0 aliphatic rings. The summed E-state index contributed by atoms with van der Waals surface area (Å²) in [7, 11) is 0. The van der Waals surface area contributed by atoms with Crippen LogP contribution in [0.15, 0.2) is 0 Å². The maximum atomic E-state index is 9.92. The molecule has 0 heterocycles. The van der Waals surface area contributed by atoms with Gasteiger partial charge in [-0.3, -0.25) is 0 Å². The molecule has 0 bridgehead atoms. The van der Waals surface area contributed by atoms with Gasteiger partial charge in [-0.25, -0.2) is 0 Å². The second-order valence-corrected chi connectivity index (χ2v) is 3.57. The Morgan fingerprint density at radius 3 is 1.82 bits per heavy atom. The molecule has 2 nitrogen and oxygen atoms in total. The predicted octanol–water partition coefficient (Wildman–Crippen LogP) is 1.55. The fourth-order valence-electron chi connectivity index (χ4n) is 1.38. The minimum atomic E-state index is -0.894. The molecule has 0 aromatic carbocycles. The van der Waals surface area contributed by atoms with Crippen molar-refractivity contribution in [2.24, 2.45) is 5.92 Å². The van der Waals surface area contributed by atoms with E-state index in [0.717, 1.165) is 6.42 Å². The molecule has 2 heteroatoms. The third kappa shape index (κ3) is 2.46. The zero-order valence-corrected chi connectivity index (χ0v) is 7.96. The topological polar surface area (TPSA) is 40.5 Å². The van der Waals surface area contributed by atoms with Gasteiger partial charge in [0.25, 0.3) is 0 Å². The molecule has 0 spiro atoms. The lowest BCUT2D eigenvalue weighted by atomic mass is 9.82. The van der Waals surface area contributed by atoms with Crippen molar-refractivity contribution in [1.29, 1.82) is 0 Å². The molecule has 2 unspecified atom stereocenters. The highest BCUT2D eigenvalue weighted by atomic mass is 16.3. The first-order chi connectivity index (χ1) is 4.95. The zero-order valence-electron chi connectivity index (χ0n) is 7.96. The molecule has 0 saturated carbocycles. The molecule has 0 aliphatic heterocycles. The van der Waals surface area contributed by atoms with Crippen LogP contribution in [0.2, 0.25) is 0 Å². The van der Waals surface area contributed by atoms with Crippen LogP contribution in [0, 0.1) is 5.92 Å². The van der Waals surface area contributed by atoms with Crippen LogP contribution >= 0.6 is 0 Å². The number of hydrogen-bond acceptors (Lipinski definition) is 2. The van der Waals surface area contributed by atoms with E-state index in [0.29, 0.717) is 6.42 Å². The molecule has 0 radical (unpaired) electrons. The van der Waals surface area contributed by atoms with Crippen LogP contribution in [0.25, 0.3) is 0 Å². The third-order valence-electron chi connectivity index (χ3n) is 2.37. The first kappa shape index (κ1) is 10.9. The van der Waals surface area contributed by atoms with E-state index in [2.05, 4.69) is 0 Å². The second-order valence-electron chi connectivity index (χ2n) is 3.57. The summed E-state index contributed by atoms with van der Waals surface area (Å²) >= 11 is 0. The largest absolute Gasteiger partial charge is 0.390 e. The highest BCUT2D eigenvalue weighted by Gasteiger charge is 2.34. The monoisotopic (exact) mass is 160 g/mol. The van der Waals surface area contributed by atoms with Gasteiger partial charge < -0.3 is 10.2 Å². The highest BCUT2D eigenvalue weighted by Crippen LogP contribution is 2.26. The van der Waals surface area contributed by atoms with Gasteiger partial charge in [-0.2, -0.15) is 0 Å². The van der Waals surface area contributed by atoms with Crippen molar-refractivity contribution in [2.75, 3.05) is 0 Å². The zero-order chi connectivity index (χ0) is 9.07. The van der Waals surface area contributed by atoms with Crippen molar-refractivity contribution >= 4 is 0 Å². The molecule has 0 rings (SSSR count). The number of rotatable bonds is 4. The van der Waals surface area contributed by atoms with Crippen LogP contribution < -0.4 is 0 Å². The van der Waals surface area contributed by atoms with Crippen LogP contribution in [0.1, 0.15) is 40.5 Å². The number of hydrogen-bond donors (Lipinski definition) is 2. The first-order valence-corrected chi connectivity index (χ1v) is 4.35. The van der Waals surface area contributed by atoms with E-state index >= 15 is 0 Å². The molecular formula is C9H20O2. The SMILES string of the molecule is CCCC(O)(C(C)C)C(C)O. The van der Waals surface area contributed by atoms with Gasteiger partial charge in [0, 0.05) is 0 Å². The molecule has 68 valence electrons. The summed E-state index contributed by atoms with van der Waals surface area (Å²) in [5.41, 5.74) is -0.894. The summed E-state index contributed by atoms with van der Waals surface area (Å²) in [5.74, 6) is 0.113. The maximum absolute atomic E-state index is 9.92. The maximum Gasteiger partial charge on any atom is 0.0925 e. The Hall–Kier alpha value is -0.0800. The molecule has 0 aliphatic carbocycles. The fraction of sp³-hybridized carbons (Fsp3) is 1.00. The summed E-state index contributed by atoms with van der Waals surface area (Å²) in [6.07, 6.45) is 0.935. The lowest BCUT2D eigenvalue weighted by molar-refractivity contribution is -0.103. The van der Waals surface area contributed by atoms with Crippen molar-refractivity contribution in [1.82, 2.24) is 0 Å². The summed E-state index contributed by atoms with van der Waals surface area (Å²) in [4.78, 5) is 0. The molecule has 0 saturated heterocycles. The van der Waals surface area contributed by atoms with Crippen molar-refractivity contribution < 1.29 is 10.2 Å². The van der Waals surface area contributed by atoms with Crippen molar-refractivity contribution in [3.8, 4) is 0 Å². The minimum Gasteiger partial charge on any atom is -0.390 e. The number of aliphatic hydroxyl groups is 2. The molecule has 0 amide bonds. The van der Waals surface area contributed by atoms with Crippen molar-refractivity contribution in [2.45, 2.75) is 52.2 Å². The van der Waals surface area contributed by atoms with Crippen LogP contribution in [0.5, 0.6) is 0 Å². The van der Waals surface area contributed by atoms with E-state index < -0.39 is 11.7 Å². The Kier molecular flexibility index (Phi) is 4.04. The molecule has 0 fully saturated rings. The Morgan fingerprint density at radius 2 is 1.73 bits per heavy atom. The van der Waals surface area contributed by atoms with Gasteiger partial charge in [0.15, 0.2) is 0 Å². The lowest BCUT2D eigenvalue weighted by Gasteiger charge is -2.34. The van der Waals surface area contributed by atoms with E-state index in [-0.39, 0.29) is 5.92 Å². The molecule has 0 aromatic heterocycles. The van der Waals surface area contributed by atoms with Gasteiger partial charge in [0.05, 0.1) is 11.7 Å². The van der Waals surface area contributed by atoms with E-state index in [1.54, 1.807) is 6.92 Å². The highest BCUT2D eigenvalue weighted by molar-refractivity contribution is 4.86. The normalized spacial score (nSPS) is 19.9. The van der Waals surface area contributed by atoms with Gasteiger partial charge in [-0.05, 0) is 19.3 Å². The smallest absolute Gasteiger partial charge is 0.0925 e. The molecule has 2 atom stereocenters. The predicted molar refractivity (Wildman–Crippen MR) is 46.4 cm³/mol. The van der Waals surface area contributed by atoms with Crippen LogP contribution in [-0.2, 0) is 0 Å². The van der Waals surface area contributed by atoms with Gasteiger partial charge in [-0.15, -0.1) is 0 Å². The van der Waals surface area contributed by atoms with E-state index in [1.165, 1.54) is 0 Å². The quantitative estimate of drug-likeness (QED) is 0.655. The van der Waals surface area contributed by atoms with E-state index in [1.807, 2.05) is 20.8 Å². The average Bonchev–Trinajstić information content (AvgIpc) is 1.87. The molecule has 11 heavy (non-hydrogen) atoms. The van der Waals surface area contributed by atoms with E-state index in [4.69, 9.17) is 0 Å². The summed E-state index contributed by atoms with van der Waals surface area (Å²) < 4.78 is 0. The average molecular weight is 160 g/mol. The Bertz CT molecular complexity index is 100. The summed E-state index contributed by atoms with van der Waals surface area (Å²) in [6.45, 7) is 7.52. The molecule has 2 N–H and O–H groups in total. The third-order valence-corrected chi connectivity index (χ3v) is 2.37. The second kappa shape index (κ2) is 4.07.